The highest BCUT2D eigenvalue weighted by Crippen LogP contribution is 2.26. The summed E-state index contributed by atoms with van der Waals surface area (Å²) in [6.07, 6.45) is 0. The largest absolute Gasteiger partial charge is 0.496 e. The summed E-state index contributed by atoms with van der Waals surface area (Å²) in [7, 11) is 3.38. The molecular weight excluding hydrogens is 250 g/mol. The Balaban J connectivity index is 2.12. The van der Waals surface area contributed by atoms with Gasteiger partial charge in [-0.2, -0.15) is 0 Å². The zero-order valence-corrected chi connectivity index (χ0v) is 12.5. The summed E-state index contributed by atoms with van der Waals surface area (Å²) < 4.78 is 10.6. The van der Waals surface area contributed by atoms with E-state index in [-0.39, 0.29) is 0 Å². The predicted octanol–water partition coefficient (Wildman–Crippen LogP) is 3.93. The summed E-state index contributed by atoms with van der Waals surface area (Å²) in [4.78, 5) is 0. The van der Waals surface area contributed by atoms with Crippen LogP contribution in [0.3, 0.4) is 0 Å². The Morgan fingerprint density at radius 1 is 0.900 bits per heavy atom. The molecule has 0 spiro atoms. The van der Waals surface area contributed by atoms with Crippen LogP contribution in [0.2, 0.25) is 0 Å². The minimum Gasteiger partial charge on any atom is -0.496 e. The number of ether oxygens (including phenoxy) is 2. The molecule has 1 N–H and O–H groups in total. The van der Waals surface area contributed by atoms with Crippen LogP contribution in [-0.4, -0.2) is 14.2 Å². The van der Waals surface area contributed by atoms with Gasteiger partial charge in [0.2, 0.25) is 0 Å². The number of hydrogen-bond acceptors (Lipinski definition) is 3. The molecule has 0 aromatic heterocycles. The monoisotopic (exact) mass is 271 g/mol. The summed E-state index contributed by atoms with van der Waals surface area (Å²) in [5.41, 5.74) is 4.58. The van der Waals surface area contributed by atoms with Gasteiger partial charge in [0.1, 0.15) is 11.5 Å². The average molecular weight is 271 g/mol. The highest BCUT2D eigenvalue weighted by Gasteiger charge is 2.04. The van der Waals surface area contributed by atoms with Gasteiger partial charge in [-0.15, -0.1) is 0 Å². The molecule has 0 aliphatic heterocycles. The molecule has 0 amide bonds. The van der Waals surface area contributed by atoms with Crippen LogP contribution in [0.1, 0.15) is 16.7 Å². The lowest BCUT2D eigenvalue weighted by Gasteiger charge is -2.13. The minimum absolute atomic E-state index is 0.755. The van der Waals surface area contributed by atoms with E-state index < -0.39 is 0 Å². The number of benzene rings is 2. The van der Waals surface area contributed by atoms with E-state index in [2.05, 4.69) is 37.4 Å². The van der Waals surface area contributed by atoms with Crippen molar-refractivity contribution in [3.63, 3.8) is 0 Å². The third-order valence-corrected chi connectivity index (χ3v) is 3.30. The Bertz CT molecular complexity index is 594. The lowest BCUT2D eigenvalue weighted by atomic mass is 10.1. The van der Waals surface area contributed by atoms with Crippen molar-refractivity contribution in [1.29, 1.82) is 0 Å². The molecule has 0 unspecified atom stereocenters. The molecular formula is C17H21NO2. The van der Waals surface area contributed by atoms with Crippen LogP contribution in [-0.2, 0) is 6.54 Å². The lowest BCUT2D eigenvalue weighted by molar-refractivity contribution is 0.411. The summed E-state index contributed by atoms with van der Waals surface area (Å²) in [6, 6.07) is 12.3. The van der Waals surface area contributed by atoms with Gasteiger partial charge in [-0.3, -0.25) is 0 Å². The van der Waals surface area contributed by atoms with Gasteiger partial charge < -0.3 is 14.8 Å². The van der Waals surface area contributed by atoms with Gasteiger partial charge in [-0.1, -0.05) is 18.2 Å². The Morgan fingerprint density at radius 3 is 2.25 bits per heavy atom. The van der Waals surface area contributed by atoms with Crippen LogP contribution < -0.4 is 14.8 Å². The molecule has 20 heavy (non-hydrogen) atoms. The summed E-state index contributed by atoms with van der Waals surface area (Å²) in [5, 5.41) is 3.42. The molecule has 3 nitrogen and oxygen atoms in total. The molecule has 0 aliphatic rings. The maximum Gasteiger partial charge on any atom is 0.141 e. The summed E-state index contributed by atoms with van der Waals surface area (Å²) in [5.74, 6) is 1.78. The maximum atomic E-state index is 5.37. The van der Waals surface area contributed by atoms with Gasteiger partial charge in [-0.05, 0) is 48.7 Å². The molecule has 2 rings (SSSR count). The van der Waals surface area contributed by atoms with E-state index in [1.165, 1.54) is 11.1 Å². The second-order valence-electron chi connectivity index (χ2n) is 4.86. The zero-order valence-electron chi connectivity index (χ0n) is 12.5. The molecule has 0 saturated carbocycles. The fraction of sp³-hybridized carbons (Fsp3) is 0.294. The SMILES string of the molecule is COc1ccc(CNc2cc(C)ccc2OC)cc1C. The van der Waals surface area contributed by atoms with E-state index in [4.69, 9.17) is 9.47 Å². The quantitative estimate of drug-likeness (QED) is 0.893. The smallest absolute Gasteiger partial charge is 0.141 e. The second-order valence-corrected chi connectivity index (χ2v) is 4.86. The standard InChI is InChI=1S/C17H21NO2/c1-12-5-7-17(20-4)15(9-12)18-11-14-6-8-16(19-3)13(2)10-14/h5-10,18H,11H2,1-4H3. The van der Waals surface area contributed by atoms with Crippen molar-refractivity contribution >= 4 is 5.69 Å². The first-order chi connectivity index (χ1) is 9.63. The Kier molecular flexibility index (Phi) is 4.51. The summed E-state index contributed by atoms with van der Waals surface area (Å²) >= 11 is 0. The molecule has 2 aromatic rings. The van der Waals surface area contributed by atoms with Crippen LogP contribution in [0.15, 0.2) is 36.4 Å². The van der Waals surface area contributed by atoms with Crippen LogP contribution in [0.25, 0.3) is 0 Å². The van der Waals surface area contributed by atoms with Crippen LogP contribution in [0.4, 0.5) is 5.69 Å². The molecule has 0 aliphatic carbocycles. The Hall–Kier alpha value is -2.16. The lowest BCUT2D eigenvalue weighted by Crippen LogP contribution is -2.02. The first kappa shape index (κ1) is 14.3. The van der Waals surface area contributed by atoms with E-state index in [0.29, 0.717) is 0 Å². The minimum atomic E-state index is 0.755. The topological polar surface area (TPSA) is 30.5 Å². The molecule has 0 radical (unpaired) electrons. The molecule has 0 fully saturated rings. The van der Waals surface area contributed by atoms with Crippen LogP contribution >= 0.6 is 0 Å². The van der Waals surface area contributed by atoms with Crippen molar-refractivity contribution < 1.29 is 9.47 Å². The van der Waals surface area contributed by atoms with Gasteiger partial charge >= 0.3 is 0 Å². The molecule has 3 heteroatoms. The number of methoxy groups -OCH3 is 2. The maximum absolute atomic E-state index is 5.37. The van der Waals surface area contributed by atoms with Crippen molar-refractivity contribution in [2.24, 2.45) is 0 Å². The van der Waals surface area contributed by atoms with E-state index in [0.717, 1.165) is 29.3 Å². The molecule has 0 heterocycles. The fourth-order valence-electron chi connectivity index (χ4n) is 2.21. The summed E-state index contributed by atoms with van der Waals surface area (Å²) in [6.45, 7) is 4.88. The molecule has 106 valence electrons. The van der Waals surface area contributed by atoms with Crippen LogP contribution in [0.5, 0.6) is 11.5 Å². The van der Waals surface area contributed by atoms with Gasteiger partial charge in [0.05, 0.1) is 19.9 Å². The van der Waals surface area contributed by atoms with Crippen molar-refractivity contribution in [3.8, 4) is 11.5 Å². The molecule has 0 bridgehead atoms. The second kappa shape index (κ2) is 6.33. The number of nitrogens with one attached hydrogen (secondary N) is 1. The average Bonchev–Trinajstić information content (AvgIpc) is 2.45. The van der Waals surface area contributed by atoms with Gasteiger partial charge in [-0.25, -0.2) is 0 Å². The van der Waals surface area contributed by atoms with E-state index >= 15 is 0 Å². The van der Waals surface area contributed by atoms with Gasteiger partial charge in [0.25, 0.3) is 0 Å². The molecule has 0 saturated heterocycles. The van der Waals surface area contributed by atoms with Crippen LogP contribution in [0, 0.1) is 13.8 Å². The molecule has 0 atom stereocenters. The number of hydrogen-bond donors (Lipinski definition) is 1. The zero-order chi connectivity index (χ0) is 14.5. The van der Waals surface area contributed by atoms with Crippen molar-refractivity contribution in [3.05, 3.63) is 53.1 Å². The predicted molar refractivity (Wildman–Crippen MR) is 82.8 cm³/mol. The van der Waals surface area contributed by atoms with Crippen molar-refractivity contribution in [2.45, 2.75) is 20.4 Å². The van der Waals surface area contributed by atoms with Gasteiger partial charge in [0.15, 0.2) is 0 Å². The number of rotatable bonds is 5. The highest BCUT2D eigenvalue weighted by atomic mass is 16.5. The Morgan fingerprint density at radius 2 is 1.60 bits per heavy atom. The Labute approximate surface area is 120 Å². The first-order valence-electron chi connectivity index (χ1n) is 6.66. The third-order valence-electron chi connectivity index (χ3n) is 3.30. The number of anilines is 1. The number of aryl methyl sites for hydroxylation is 2. The van der Waals surface area contributed by atoms with Gasteiger partial charge in [0, 0.05) is 6.54 Å². The van der Waals surface area contributed by atoms with E-state index in [1.54, 1.807) is 14.2 Å². The normalized spacial score (nSPS) is 10.2. The molecule has 2 aromatic carbocycles. The first-order valence-corrected chi connectivity index (χ1v) is 6.66. The van der Waals surface area contributed by atoms with E-state index in [9.17, 15) is 0 Å². The third kappa shape index (κ3) is 3.23. The fourth-order valence-corrected chi connectivity index (χ4v) is 2.21. The van der Waals surface area contributed by atoms with Crippen molar-refractivity contribution in [2.75, 3.05) is 19.5 Å². The van der Waals surface area contributed by atoms with Crippen molar-refractivity contribution in [1.82, 2.24) is 0 Å². The van der Waals surface area contributed by atoms with E-state index in [1.807, 2.05) is 18.2 Å². The highest BCUT2D eigenvalue weighted by molar-refractivity contribution is 5.58.